The summed E-state index contributed by atoms with van der Waals surface area (Å²) in [6.07, 6.45) is 4.28. The van der Waals surface area contributed by atoms with Gasteiger partial charge >= 0.3 is 0 Å². The number of hydrogen-bond donors (Lipinski definition) is 3. The average Bonchev–Trinajstić information content (AvgIpc) is 2.58. The average molecular weight is 308 g/mol. The predicted molar refractivity (Wildman–Crippen MR) is 85.5 cm³/mol. The Bertz CT molecular complexity index is 948. The molecule has 7 nitrogen and oxygen atoms in total. The molecule has 0 aliphatic carbocycles. The maximum Gasteiger partial charge on any atom is 0.271 e. The van der Waals surface area contributed by atoms with Crippen LogP contribution in [-0.4, -0.2) is 27.2 Å². The molecule has 0 radical (unpaired) electrons. The number of carbonyl (C=O) groups is 1. The summed E-state index contributed by atoms with van der Waals surface area (Å²) in [5.41, 5.74) is 2.69. The molecule has 23 heavy (non-hydrogen) atoms. The molecule has 3 rings (SSSR count). The van der Waals surface area contributed by atoms with E-state index in [0.717, 1.165) is 0 Å². The molecule has 1 aromatic carbocycles. The molecule has 1 amide bonds. The van der Waals surface area contributed by atoms with Crippen LogP contribution < -0.4 is 11.0 Å². The van der Waals surface area contributed by atoms with Gasteiger partial charge in [-0.3, -0.25) is 19.6 Å². The zero-order chi connectivity index (χ0) is 16.2. The Morgan fingerprint density at radius 2 is 1.87 bits per heavy atom. The van der Waals surface area contributed by atoms with Gasteiger partial charge in [-0.2, -0.15) is 5.10 Å². The molecule has 2 heterocycles. The van der Waals surface area contributed by atoms with Crippen LogP contribution in [0, 0.1) is 0 Å². The number of hydrazone groups is 1. The SMILES string of the molecule is O=C(N/N=C/c1c(O)[nH]c(=O)c2ccccc12)c1ccncc1. The predicted octanol–water partition coefficient (Wildman–Crippen LogP) is 1.39. The van der Waals surface area contributed by atoms with Gasteiger partial charge in [0, 0.05) is 28.7 Å². The summed E-state index contributed by atoms with van der Waals surface area (Å²) in [6, 6.07) is 9.90. The van der Waals surface area contributed by atoms with Crippen LogP contribution in [0.15, 0.2) is 58.7 Å². The van der Waals surface area contributed by atoms with Crippen LogP contribution in [0.25, 0.3) is 10.8 Å². The lowest BCUT2D eigenvalue weighted by Crippen LogP contribution is -2.17. The standard InChI is InChI=1S/C16H12N4O3/c21-14(10-5-7-17-8-6-10)20-18-9-13-11-3-1-2-4-12(11)15(22)19-16(13)23/h1-9H,(H,20,21)(H2,19,22,23)/b18-9+. The second-order valence-corrected chi connectivity index (χ2v) is 4.70. The third-order valence-corrected chi connectivity index (χ3v) is 3.25. The fourth-order valence-corrected chi connectivity index (χ4v) is 2.14. The number of pyridine rings is 2. The van der Waals surface area contributed by atoms with Crippen molar-refractivity contribution in [1.82, 2.24) is 15.4 Å². The number of fused-ring (bicyclic) bond motifs is 1. The van der Waals surface area contributed by atoms with Crippen LogP contribution in [0.5, 0.6) is 5.88 Å². The van der Waals surface area contributed by atoms with Crippen molar-refractivity contribution >= 4 is 22.9 Å². The first-order valence-corrected chi connectivity index (χ1v) is 6.74. The number of carbonyl (C=O) groups excluding carboxylic acids is 1. The van der Waals surface area contributed by atoms with Gasteiger partial charge in [0.05, 0.1) is 11.8 Å². The monoisotopic (exact) mass is 308 g/mol. The number of aromatic nitrogens is 2. The number of rotatable bonds is 3. The number of hydrogen-bond acceptors (Lipinski definition) is 5. The maximum absolute atomic E-state index is 11.9. The van der Waals surface area contributed by atoms with E-state index in [1.54, 1.807) is 36.4 Å². The molecular weight excluding hydrogens is 296 g/mol. The second kappa shape index (κ2) is 6.10. The molecule has 0 aliphatic heterocycles. The van der Waals surface area contributed by atoms with Gasteiger partial charge in [-0.05, 0) is 18.2 Å². The van der Waals surface area contributed by atoms with E-state index in [9.17, 15) is 14.7 Å². The van der Waals surface area contributed by atoms with Crippen molar-refractivity contribution in [2.24, 2.45) is 5.10 Å². The Morgan fingerprint density at radius 1 is 1.17 bits per heavy atom. The molecule has 7 heteroatoms. The van der Waals surface area contributed by atoms with E-state index in [-0.39, 0.29) is 5.88 Å². The quantitative estimate of drug-likeness (QED) is 0.502. The van der Waals surface area contributed by atoms with E-state index in [0.29, 0.717) is 21.9 Å². The maximum atomic E-state index is 11.9. The molecular formula is C16H12N4O3. The number of H-pyrrole nitrogens is 1. The molecule has 0 atom stereocenters. The van der Waals surface area contributed by atoms with Gasteiger partial charge in [0.15, 0.2) is 0 Å². The highest BCUT2D eigenvalue weighted by Crippen LogP contribution is 2.19. The van der Waals surface area contributed by atoms with Crippen LogP contribution in [0.2, 0.25) is 0 Å². The van der Waals surface area contributed by atoms with E-state index in [1.807, 2.05) is 0 Å². The molecule has 114 valence electrons. The molecule has 3 aromatic rings. The lowest BCUT2D eigenvalue weighted by molar-refractivity contribution is 0.0955. The van der Waals surface area contributed by atoms with E-state index in [2.05, 4.69) is 20.5 Å². The molecule has 0 unspecified atom stereocenters. The summed E-state index contributed by atoms with van der Waals surface area (Å²) in [7, 11) is 0. The summed E-state index contributed by atoms with van der Waals surface area (Å²) >= 11 is 0. The largest absolute Gasteiger partial charge is 0.494 e. The number of benzene rings is 1. The van der Waals surface area contributed by atoms with Crippen molar-refractivity contribution in [3.8, 4) is 5.88 Å². The minimum Gasteiger partial charge on any atom is -0.494 e. The molecule has 0 bridgehead atoms. The Kier molecular flexibility index (Phi) is 3.84. The van der Waals surface area contributed by atoms with Crippen LogP contribution >= 0.6 is 0 Å². The number of amides is 1. The van der Waals surface area contributed by atoms with E-state index < -0.39 is 11.5 Å². The molecule has 0 aliphatic rings. The second-order valence-electron chi connectivity index (χ2n) is 4.70. The number of aromatic hydroxyl groups is 1. The lowest BCUT2D eigenvalue weighted by atomic mass is 10.1. The van der Waals surface area contributed by atoms with Crippen LogP contribution in [0.4, 0.5) is 0 Å². The van der Waals surface area contributed by atoms with Gasteiger partial charge in [-0.15, -0.1) is 0 Å². The van der Waals surface area contributed by atoms with Crippen LogP contribution in [0.3, 0.4) is 0 Å². The third kappa shape index (κ3) is 2.93. The molecule has 3 N–H and O–H groups in total. The van der Waals surface area contributed by atoms with E-state index in [1.165, 1.54) is 18.6 Å². The smallest absolute Gasteiger partial charge is 0.271 e. The molecule has 0 fully saturated rings. The number of aromatic amines is 1. The number of nitrogens with zero attached hydrogens (tertiary/aromatic N) is 2. The molecule has 2 aromatic heterocycles. The summed E-state index contributed by atoms with van der Waals surface area (Å²) in [5.74, 6) is -0.715. The van der Waals surface area contributed by atoms with Crippen molar-refractivity contribution < 1.29 is 9.90 Å². The lowest BCUT2D eigenvalue weighted by Gasteiger charge is -2.04. The van der Waals surface area contributed by atoms with E-state index in [4.69, 9.17) is 0 Å². The highest BCUT2D eigenvalue weighted by molar-refractivity contribution is 6.02. The molecule has 0 saturated heterocycles. The fourth-order valence-electron chi connectivity index (χ4n) is 2.14. The van der Waals surface area contributed by atoms with Crippen molar-refractivity contribution in [2.45, 2.75) is 0 Å². The Hall–Kier alpha value is -3.48. The minimum absolute atomic E-state index is 0.310. The van der Waals surface area contributed by atoms with Crippen LogP contribution in [0.1, 0.15) is 15.9 Å². The van der Waals surface area contributed by atoms with Gasteiger partial charge in [0.25, 0.3) is 11.5 Å². The zero-order valence-electron chi connectivity index (χ0n) is 11.9. The summed E-state index contributed by atoms with van der Waals surface area (Å²) in [4.78, 5) is 29.8. The Balaban J connectivity index is 1.90. The summed E-state index contributed by atoms with van der Waals surface area (Å²) < 4.78 is 0. The third-order valence-electron chi connectivity index (χ3n) is 3.25. The Morgan fingerprint density at radius 3 is 2.61 bits per heavy atom. The fraction of sp³-hybridized carbons (Fsp3) is 0. The van der Waals surface area contributed by atoms with Gasteiger partial charge in [0.1, 0.15) is 0 Å². The summed E-state index contributed by atoms with van der Waals surface area (Å²) in [6.45, 7) is 0. The topological polar surface area (TPSA) is 107 Å². The van der Waals surface area contributed by atoms with Gasteiger partial charge in [0.2, 0.25) is 5.88 Å². The van der Waals surface area contributed by atoms with Gasteiger partial charge in [-0.25, -0.2) is 5.43 Å². The van der Waals surface area contributed by atoms with Crippen molar-refractivity contribution in [1.29, 1.82) is 0 Å². The highest BCUT2D eigenvalue weighted by atomic mass is 16.3. The molecule has 0 saturated carbocycles. The van der Waals surface area contributed by atoms with E-state index >= 15 is 0 Å². The summed E-state index contributed by atoms with van der Waals surface area (Å²) in [5, 5.41) is 14.7. The normalized spacial score (nSPS) is 11.0. The first kappa shape index (κ1) is 14.5. The van der Waals surface area contributed by atoms with Crippen molar-refractivity contribution in [3.63, 3.8) is 0 Å². The molecule has 0 spiro atoms. The van der Waals surface area contributed by atoms with Crippen molar-refractivity contribution in [3.05, 3.63) is 70.3 Å². The zero-order valence-corrected chi connectivity index (χ0v) is 11.9. The highest BCUT2D eigenvalue weighted by Gasteiger charge is 2.09. The number of nitrogens with one attached hydrogen (secondary N) is 2. The van der Waals surface area contributed by atoms with Gasteiger partial charge in [-0.1, -0.05) is 18.2 Å². The minimum atomic E-state index is -0.406. The van der Waals surface area contributed by atoms with Gasteiger partial charge < -0.3 is 5.11 Å². The van der Waals surface area contributed by atoms with Crippen molar-refractivity contribution in [2.75, 3.05) is 0 Å². The van der Waals surface area contributed by atoms with Crippen LogP contribution in [-0.2, 0) is 0 Å². The first-order chi connectivity index (χ1) is 11.2. The Labute approximate surface area is 130 Å². The first-order valence-electron chi connectivity index (χ1n) is 6.74.